The van der Waals surface area contributed by atoms with Gasteiger partial charge in [-0.1, -0.05) is 42.2 Å². The Hall–Kier alpha value is -3.24. The van der Waals surface area contributed by atoms with Crippen LogP contribution in [-0.2, 0) is 4.79 Å². The summed E-state index contributed by atoms with van der Waals surface area (Å²) in [4.78, 5) is 36.5. The quantitative estimate of drug-likeness (QED) is 0.421. The second-order valence-corrected chi connectivity index (χ2v) is 9.43. The van der Waals surface area contributed by atoms with Crippen LogP contribution >= 0.6 is 24.0 Å². The number of anilines is 2. The zero-order valence-electron chi connectivity index (χ0n) is 17.8. The van der Waals surface area contributed by atoms with Gasteiger partial charge in [-0.2, -0.15) is 0 Å². The maximum Gasteiger partial charge on any atom is 0.267 e. The lowest BCUT2D eigenvalue weighted by Crippen LogP contribution is -2.47. The Morgan fingerprint density at radius 3 is 2.42 bits per heavy atom. The molecule has 5 rings (SSSR count). The second-order valence-electron chi connectivity index (χ2n) is 7.75. The molecule has 2 fully saturated rings. The van der Waals surface area contributed by atoms with Crippen LogP contribution < -0.4 is 15.4 Å². The van der Waals surface area contributed by atoms with Gasteiger partial charge in [0.25, 0.3) is 11.5 Å². The molecule has 3 aromatic rings. The van der Waals surface area contributed by atoms with Crippen molar-refractivity contribution in [2.24, 2.45) is 0 Å². The Kier molecular flexibility index (Phi) is 5.63. The molecule has 0 N–H and O–H groups in total. The fraction of sp³-hybridized carbons (Fsp3) is 0.217. The third-order valence-electron chi connectivity index (χ3n) is 5.78. The highest BCUT2D eigenvalue weighted by Gasteiger charge is 2.30. The minimum Gasteiger partial charge on any atom is -0.366 e. The average molecular weight is 482 g/mol. The molecular weight excluding hydrogens is 461 g/mol. The molecule has 0 bridgehead atoms. The predicted octanol–water partition coefficient (Wildman–Crippen LogP) is 2.99. The van der Waals surface area contributed by atoms with Gasteiger partial charge in [-0.3, -0.25) is 18.9 Å². The highest BCUT2D eigenvalue weighted by Crippen LogP contribution is 2.32. The number of para-hydroxylation sites is 1. The number of benzene rings is 1. The zero-order valence-corrected chi connectivity index (χ0v) is 19.4. The summed E-state index contributed by atoms with van der Waals surface area (Å²) in [5.41, 5.74) is 1.17. The van der Waals surface area contributed by atoms with Crippen LogP contribution in [0, 0.1) is 5.82 Å². The standard InChI is InChI=1S/C23H20FN5O2S2/c1-26-22(31)18(33-23(26)32)14-15-20(25-19-8-4-5-9-29(19)21(15)30)28-12-10-27(11-13-28)17-7-3-2-6-16(17)24/h2-9,14H,10-13H2,1H3/b18-14-. The number of thiocarbonyl (C=S) groups is 1. The number of carbonyl (C=O) groups is 1. The van der Waals surface area contributed by atoms with Crippen molar-refractivity contribution in [2.45, 2.75) is 0 Å². The molecule has 0 atom stereocenters. The molecule has 2 aliphatic heterocycles. The van der Waals surface area contributed by atoms with Crippen molar-refractivity contribution in [3.63, 3.8) is 0 Å². The Morgan fingerprint density at radius 1 is 1.03 bits per heavy atom. The SMILES string of the molecule is CN1C(=O)/C(=C/c2c(N3CCN(c4ccccc4F)CC3)nc3ccccn3c2=O)SC1=S. The first-order valence-corrected chi connectivity index (χ1v) is 11.6. The van der Waals surface area contributed by atoms with Gasteiger partial charge < -0.3 is 9.80 Å². The first kappa shape index (κ1) is 21.6. The van der Waals surface area contributed by atoms with Gasteiger partial charge in [0, 0.05) is 39.4 Å². The molecule has 10 heteroatoms. The molecule has 0 unspecified atom stereocenters. The van der Waals surface area contributed by atoms with Crippen molar-refractivity contribution in [3.05, 3.63) is 75.3 Å². The molecule has 168 valence electrons. The summed E-state index contributed by atoms with van der Waals surface area (Å²) in [6.07, 6.45) is 3.25. The van der Waals surface area contributed by atoms with E-state index in [0.29, 0.717) is 58.1 Å². The Labute approximate surface area is 199 Å². The molecule has 0 radical (unpaired) electrons. The number of hydrogen-bond donors (Lipinski definition) is 0. The van der Waals surface area contributed by atoms with E-state index in [0.717, 1.165) is 0 Å². The summed E-state index contributed by atoms with van der Waals surface area (Å²) >= 11 is 6.40. The number of nitrogens with zero attached hydrogens (tertiary/aromatic N) is 5. The van der Waals surface area contributed by atoms with E-state index in [4.69, 9.17) is 17.2 Å². The molecule has 7 nitrogen and oxygen atoms in total. The highest BCUT2D eigenvalue weighted by molar-refractivity contribution is 8.26. The van der Waals surface area contributed by atoms with E-state index in [-0.39, 0.29) is 17.3 Å². The molecule has 2 aromatic heterocycles. The van der Waals surface area contributed by atoms with Gasteiger partial charge in [0.1, 0.15) is 21.6 Å². The van der Waals surface area contributed by atoms with Gasteiger partial charge in [0.05, 0.1) is 16.2 Å². The molecule has 0 saturated carbocycles. The van der Waals surface area contributed by atoms with E-state index in [9.17, 15) is 14.0 Å². The second kappa shape index (κ2) is 8.60. The number of fused-ring (bicyclic) bond motifs is 1. The van der Waals surface area contributed by atoms with Crippen LogP contribution in [0.3, 0.4) is 0 Å². The van der Waals surface area contributed by atoms with Crippen LogP contribution in [0.15, 0.2) is 58.4 Å². The van der Waals surface area contributed by atoms with Crippen LogP contribution in [-0.4, -0.2) is 57.7 Å². The molecule has 4 heterocycles. The normalized spacial score (nSPS) is 18.1. The lowest BCUT2D eigenvalue weighted by molar-refractivity contribution is -0.121. The molecular formula is C23H20FN5O2S2. The number of amides is 1. The van der Waals surface area contributed by atoms with Gasteiger partial charge in [0.15, 0.2) is 0 Å². The van der Waals surface area contributed by atoms with Crippen molar-refractivity contribution >= 4 is 57.4 Å². The minimum atomic E-state index is -0.256. The van der Waals surface area contributed by atoms with Crippen LogP contribution in [0.1, 0.15) is 5.56 Å². The van der Waals surface area contributed by atoms with Crippen molar-refractivity contribution < 1.29 is 9.18 Å². The van der Waals surface area contributed by atoms with Crippen molar-refractivity contribution in [3.8, 4) is 0 Å². The summed E-state index contributed by atoms with van der Waals surface area (Å²) in [6.45, 7) is 2.26. The topological polar surface area (TPSA) is 61.2 Å². The number of thioether (sulfide) groups is 1. The largest absolute Gasteiger partial charge is 0.366 e. The lowest BCUT2D eigenvalue weighted by atomic mass is 10.2. The smallest absolute Gasteiger partial charge is 0.267 e. The maximum absolute atomic E-state index is 14.2. The summed E-state index contributed by atoms with van der Waals surface area (Å²) in [5.74, 6) is 0.0222. The molecule has 2 saturated heterocycles. The van der Waals surface area contributed by atoms with Crippen molar-refractivity contribution in [1.82, 2.24) is 14.3 Å². The molecule has 0 aliphatic carbocycles. The van der Waals surface area contributed by atoms with E-state index in [2.05, 4.69) is 0 Å². The fourth-order valence-corrected chi connectivity index (χ4v) is 5.16. The number of carbonyl (C=O) groups excluding carboxylic acids is 1. The molecule has 1 amide bonds. The maximum atomic E-state index is 14.2. The van der Waals surface area contributed by atoms with E-state index in [1.54, 1.807) is 43.6 Å². The average Bonchev–Trinajstić information content (AvgIpc) is 3.07. The van der Waals surface area contributed by atoms with Crippen LogP contribution in [0.2, 0.25) is 0 Å². The van der Waals surface area contributed by atoms with E-state index in [1.807, 2.05) is 21.9 Å². The van der Waals surface area contributed by atoms with E-state index in [1.165, 1.54) is 27.1 Å². The first-order chi connectivity index (χ1) is 15.9. The molecule has 0 spiro atoms. The van der Waals surface area contributed by atoms with Crippen LogP contribution in [0.5, 0.6) is 0 Å². The number of rotatable bonds is 3. The van der Waals surface area contributed by atoms with Crippen molar-refractivity contribution in [1.29, 1.82) is 0 Å². The van der Waals surface area contributed by atoms with E-state index < -0.39 is 0 Å². The molecule has 1 aromatic carbocycles. The lowest BCUT2D eigenvalue weighted by Gasteiger charge is -2.37. The van der Waals surface area contributed by atoms with Gasteiger partial charge in [-0.15, -0.1) is 0 Å². The predicted molar refractivity (Wildman–Crippen MR) is 133 cm³/mol. The highest BCUT2D eigenvalue weighted by atomic mass is 32.2. The number of aromatic nitrogens is 2. The molecule has 33 heavy (non-hydrogen) atoms. The Bertz CT molecular complexity index is 1360. The van der Waals surface area contributed by atoms with E-state index >= 15 is 0 Å². The van der Waals surface area contributed by atoms with Gasteiger partial charge >= 0.3 is 0 Å². The number of halogens is 1. The summed E-state index contributed by atoms with van der Waals surface area (Å²) in [7, 11) is 1.62. The van der Waals surface area contributed by atoms with Crippen molar-refractivity contribution in [2.75, 3.05) is 43.0 Å². The summed E-state index contributed by atoms with van der Waals surface area (Å²) < 4.78 is 16.2. The minimum absolute atomic E-state index is 0.238. The summed E-state index contributed by atoms with van der Waals surface area (Å²) in [5, 5.41) is 0. The third kappa shape index (κ3) is 3.89. The third-order valence-corrected chi connectivity index (χ3v) is 7.27. The van der Waals surface area contributed by atoms with Gasteiger partial charge in [0.2, 0.25) is 0 Å². The number of likely N-dealkylation sites (N-methyl/N-ethyl adjacent to an activating group) is 1. The molecule has 2 aliphatic rings. The van der Waals surface area contributed by atoms with Crippen LogP contribution in [0.4, 0.5) is 15.9 Å². The fourth-order valence-electron chi connectivity index (χ4n) is 4.00. The summed E-state index contributed by atoms with van der Waals surface area (Å²) in [6, 6.07) is 12.1. The Balaban J connectivity index is 1.54. The number of piperazine rings is 1. The Morgan fingerprint density at radius 2 is 1.73 bits per heavy atom. The van der Waals surface area contributed by atoms with Gasteiger partial charge in [-0.05, 0) is 30.3 Å². The van der Waals surface area contributed by atoms with Gasteiger partial charge in [-0.25, -0.2) is 9.37 Å². The zero-order chi connectivity index (χ0) is 23.1. The number of pyridine rings is 1. The van der Waals surface area contributed by atoms with Crippen LogP contribution in [0.25, 0.3) is 11.7 Å². The monoisotopic (exact) mass is 481 g/mol. The number of hydrogen-bond acceptors (Lipinski definition) is 7. The first-order valence-electron chi connectivity index (χ1n) is 10.4.